The van der Waals surface area contributed by atoms with Gasteiger partial charge >= 0.3 is 0 Å². The largest absolute Gasteiger partial charge is 0.304 e. The van der Waals surface area contributed by atoms with Gasteiger partial charge in [0, 0.05) is 18.0 Å². The molecule has 0 unspecified atom stereocenters. The van der Waals surface area contributed by atoms with E-state index in [0.29, 0.717) is 17.3 Å². The van der Waals surface area contributed by atoms with Crippen LogP contribution in [-0.2, 0) is 0 Å². The second-order valence-electron chi connectivity index (χ2n) is 4.90. The Morgan fingerprint density at radius 1 is 1.52 bits per heavy atom. The van der Waals surface area contributed by atoms with Crippen molar-refractivity contribution in [3.8, 4) is 6.07 Å². The van der Waals surface area contributed by atoms with Crippen molar-refractivity contribution >= 4 is 11.7 Å². The molecule has 2 N–H and O–H groups in total. The molecule has 0 spiro atoms. The Kier molecular flexibility index (Phi) is 4.67. The molecule has 2 heterocycles. The first-order valence-electron chi connectivity index (χ1n) is 6.86. The van der Waals surface area contributed by atoms with Crippen LogP contribution >= 0.6 is 0 Å². The Morgan fingerprint density at radius 2 is 2.33 bits per heavy atom. The Balaban J connectivity index is 2.04. The third kappa shape index (κ3) is 3.66. The first-order valence-corrected chi connectivity index (χ1v) is 6.86. The van der Waals surface area contributed by atoms with Gasteiger partial charge in [0.2, 0.25) is 0 Å². The van der Waals surface area contributed by atoms with Crippen LogP contribution in [0.2, 0.25) is 0 Å². The number of rotatable bonds is 5. The van der Waals surface area contributed by atoms with Gasteiger partial charge in [-0.05, 0) is 24.5 Å². The summed E-state index contributed by atoms with van der Waals surface area (Å²) in [4.78, 5) is 16.0. The minimum atomic E-state index is -0.347. The standard InChI is InChI=1S/C15H17N5O/c1-3-4-10(2)13-7-14(20-19-13)18-15(21)12-6-5-11(8-16)9-17-12/h5-7,9-10H,3-4H2,1-2H3,(H2,18,19,20,21)/t10-/m0/s1. The van der Waals surface area contributed by atoms with Gasteiger partial charge in [0.25, 0.3) is 5.91 Å². The number of carbonyl (C=O) groups excluding carboxylic acids is 1. The lowest BCUT2D eigenvalue weighted by Crippen LogP contribution is -2.13. The fourth-order valence-corrected chi connectivity index (χ4v) is 2.02. The molecule has 6 nitrogen and oxygen atoms in total. The van der Waals surface area contributed by atoms with E-state index in [-0.39, 0.29) is 11.6 Å². The van der Waals surface area contributed by atoms with Gasteiger partial charge < -0.3 is 5.32 Å². The molecule has 0 aromatic carbocycles. The van der Waals surface area contributed by atoms with Gasteiger partial charge in [-0.25, -0.2) is 4.98 Å². The number of anilines is 1. The van der Waals surface area contributed by atoms with Crippen molar-refractivity contribution in [1.29, 1.82) is 5.26 Å². The van der Waals surface area contributed by atoms with E-state index in [9.17, 15) is 4.79 Å². The van der Waals surface area contributed by atoms with Crippen molar-refractivity contribution in [2.75, 3.05) is 5.32 Å². The van der Waals surface area contributed by atoms with E-state index in [4.69, 9.17) is 5.26 Å². The number of nitriles is 1. The summed E-state index contributed by atoms with van der Waals surface area (Å²) in [5, 5.41) is 18.4. The second-order valence-corrected chi connectivity index (χ2v) is 4.90. The summed E-state index contributed by atoms with van der Waals surface area (Å²) in [6, 6.07) is 6.87. The molecule has 0 saturated heterocycles. The summed E-state index contributed by atoms with van der Waals surface area (Å²) in [6.45, 7) is 4.25. The van der Waals surface area contributed by atoms with Gasteiger partial charge in [0.05, 0.1) is 5.56 Å². The monoisotopic (exact) mass is 283 g/mol. The number of pyridine rings is 1. The first kappa shape index (κ1) is 14.7. The molecule has 0 aliphatic rings. The van der Waals surface area contributed by atoms with E-state index in [2.05, 4.69) is 34.3 Å². The molecule has 0 saturated carbocycles. The zero-order valence-corrected chi connectivity index (χ0v) is 12.1. The molecule has 6 heteroatoms. The van der Waals surface area contributed by atoms with Gasteiger partial charge in [-0.2, -0.15) is 10.4 Å². The summed E-state index contributed by atoms with van der Waals surface area (Å²) >= 11 is 0. The molecule has 0 fully saturated rings. The molecule has 1 amide bonds. The highest BCUT2D eigenvalue weighted by Gasteiger charge is 2.12. The maximum Gasteiger partial charge on any atom is 0.275 e. The lowest BCUT2D eigenvalue weighted by Gasteiger charge is -2.05. The molecule has 0 radical (unpaired) electrons. The molecule has 21 heavy (non-hydrogen) atoms. The Hall–Kier alpha value is -2.68. The average Bonchev–Trinajstić information content (AvgIpc) is 2.96. The van der Waals surface area contributed by atoms with Crippen molar-refractivity contribution < 1.29 is 4.79 Å². The van der Waals surface area contributed by atoms with E-state index < -0.39 is 0 Å². The topological polar surface area (TPSA) is 94.5 Å². The molecule has 2 rings (SSSR count). The van der Waals surface area contributed by atoms with Crippen LogP contribution in [0.25, 0.3) is 0 Å². The molecular formula is C15H17N5O. The van der Waals surface area contributed by atoms with Crippen molar-refractivity contribution in [2.24, 2.45) is 0 Å². The van der Waals surface area contributed by atoms with E-state index in [0.717, 1.165) is 18.5 Å². The van der Waals surface area contributed by atoms with Gasteiger partial charge in [-0.15, -0.1) is 0 Å². The minimum absolute atomic E-state index is 0.250. The number of aromatic amines is 1. The number of nitrogens with zero attached hydrogens (tertiary/aromatic N) is 3. The quantitative estimate of drug-likeness (QED) is 0.882. The molecule has 0 aliphatic heterocycles. The number of amides is 1. The smallest absolute Gasteiger partial charge is 0.275 e. The molecule has 1 atom stereocenters. The highest BCUT2D eigenvalue weighted by molar-refractivity contribution is 6.02. The van der Waals surface area contributed by atoms with Crippen LogP contribution in [0.5, 0.6) is 0 Å². The highest BCUT2D eigenvalue weighted by atomic mass is 16.1. The van der Waals surface area contributed by atoms with E-state index in [1.54, 1.807) is 6.07 Å². The lowest BCUT2D eigenvalue weighted by molar-refractivity contribution is 0.102. The molecular weight excluding hydrogens is 266 g/mol. The van der Waals surface area contributed by atoms with Gasteiger partial charge in [0.15, 0.2) is 5.82 Å². The zero-order chi connectivity index (χ0) is 15.2. The van der Waals surface area contributed by atoms with Crippen LogP contribution in [0.3, 0.4) is 0 Å². The summed E-state index contributed by atoms with van der Waals surface area (Å²) < 4.78 is 0. The van der Waals surface area contributed by atoms with E-state index in [1.165, 1.54) is 12.3 Å². The summed E-state index contributed by atoms with van der Waals surface area (Å²) in [5.41, 5.74) is 1.67. The number of hydrogen-bond donors (Lipinski definition) is 2. The van der Waals surface area contributed by atoms with Crippen LogP contribution in [0.15, 0.2) is 24.4 Å². The van der Waals surface area contributed by atoms with E-state index >= 15 is 0 Å². The van der Waals surface area contributed by atoms with Crippen LogP contribution in [-0.4, -0.2) is 21.1 Å². The first-order chi connectivity index (χ1) is 10.1. The normalized spacial score (nSPS) is 11.7. The van der Waals surface area contributed by atoms with Gasteiger partial charge in [-0.3, -0.25) is 9.89 Å². The third-order valence-corrected chi connectivity index (χ3v) is 3.22. The maximum atomic E-state index is 12.0. The van der Waals surface area contributed by atoms with E-state index in [1.807, 2.05) is 12.1 Å². The van der Waals surface area contributed by atoms with Crippen molar-refractivity contribution in [1.82, 2.24) is 15.2 Å². The van der Waals surface area contributed by atoms with Crippen LogP contribution in [0, 0.1) is 11.3 Å². The number of aromatic nitrogens is 3. The molecule has 2 aromatic rings. The Labute approximate surface area is 123 Å². The summed E-state index contributed by atoms with van der Waals surface area (Å²) in [5.74, 6) is 0.506. The number of nitrogens with one attached hydrogen (secondary N) is 2. The maximum absolute atomic E-state index is 12.0. The third-order valence-electron chi connectivity index (χ3n) is 3.22. The Morgan fingerprint density at radius 3 is 2.95 bits per heavy atom. The number of carbonyl (C=O) groups is 1. The second kappa shape index (κ2) is 6.66. The van der Waals surface area contributed by atoms with Crippen molar-refractivity contribution in [3.63, 3.8) is 0 Å². The fourth-order valence-electron chi connectivity index (χ4n) is 2.02. The van der Waals surface area contributed by atoms with Crippen molar-refractivity contribution in [3.05, 3.63) is 41.3 Å². The molecule has 2 aromatic heterocycles. The van der Waals surface area contributed by atoms with Crippen LogP contribution in [0.4, 0.5) is 5.82 Å². The SMILES string of the molecule is CCC[C@H](C)c1cc(NC(=O)c2ccc(C#N)cn2)n[nH]1. The number of hydrogen-bond acceptors (Lipinski definition) is 4. The fraction of sp³-hybridized carbons (Fsp3) is 0.333. The molecule has 0 aliphatic carbocycles. The highest BCUT2D eigenvalue weighted by Crippen LogP contribution is 2.20. The van der Waals surface area contributed by atoms with Crippen molar-refractivity contribution in [2.45, 2.75) is 32.6 Å². The van der Waals surface area contributed by atoms with Gasteiger partial charge in [-0.1, -0.05) is 20.3 Å². The predicted octanol–water partition coefficient (Wildman–Crippen LogP) is 2.83. The molecule has 0 bridgehead atoms. The average molecular weight is 283 g/mol. The van der Waals surface area contributed by atoms with Gasteiger partial charge in [0.1, 0.15) is 11.8 Å². The molecule has 108 valence electrons. The lowest BCUT2D eigenvalue weighted by atomic mass is 10.0. The van der Waals surface area contributed by atoms with Crippen LogP contribution in [0.1, 0.15) is 54.4 Å². The predicted molar refractivity (Wildman–Crippen MR) is 78.8 cm³/mol. The Bertz CT molecular complexity index is 653. The zero-order valence-electron chi connectivity index (χ0n) is 12.1. The number of H-pyrrole nitrogens is 1. The van der Waals surface area contributed by atoms with Crippen LogP contribution < -0.4 is 5.32 Å². The summed E-state index contributed by atoms with van der Waals surface area (Å²) in [6.07, 6.45) is 3.53. The minimum Gasteiger partial charge on any atom is -0.304 e. The summed E-state index contributed by atoms with van der Waals surface area (Å²) in [7, 11) is 0.